The van der Waals surface area contributed by atoms with Crippen LogP contribution in [-0.2, 0) is 12.8 Å². The van der Waals surface area contributed by atoms with E-state index in [0.717, 1.165) is 18.6 Å². The highest BCUT2D eigenvalue weighted by atomic mass is 79.9. The molecule has 1 nitrogen and oxygen atoms in total. The monoisotopic (exact) mass is 498 g/mol. The Morgan fingerprint density at radius 3 is 1.82 bits per heavy atom. The van der Waals surface area contributed by atoms with Crippen LogP contribution in [0.5, 0.6) is 5.75 Å². The van der Waals surface area contributed by atoms with Crippen LogP contribution in [0.2, 0.25) is 0 Å². The molecule has 168 valence electrons. The fourth-order valence-electron chi connectivity index (χ4n) is 5.25. The largest absolute Gasteiger partial charge is 0.497 e. The summed E-state index contributed by atoms with van der Waals surface area (Å²) in [4.78, 5) is 0. The number of rotatable bonds is 8. The summed E-state index contributed by atoms with van der Waals surface area (Å²) in [5.41, 5.74) is 5.48. The van der Waals surface area contributed by atoms with Crippen molar-refractivity contribution >= 4 is 48.2 Å². The second-order valence-corrected chi connectivity index (χ2v) is 9.96. The number of hydrogen-bond acceptors (Lipinski definition) is 1. The lowest BCUT2D eigenvalue weighted by molar-refractivity contribution is 0.415. The second-order valence-electron chi connectivity index (χ2n) is 9.11. The van der Waals surface area contributed by atoms with Crippen LogP contribution in [0.15, 0.2) is 65.1 Å². The SMILES string of the molecule is CCCCc1cc(Br)c2ccc3c(CCCC)cc(-c4ccc(OC)cc4)c4ccc1c2c34. The van der Waals surface area contributed by atoms with Crippen LogP contribution in [0.4, 0.5) is 0 Å². The minimum atomic E-state index is 0.896. The molecule has 0 aromatic heterocycles. The third-order valence-electron chi connectivity index (χ3n) is 7.02. The Morgan fingerprint density at radius 1 is 0.667 bits per heavy atom. The van der Waals surface area contributed by atoms with E-state index in [1.54, 1.807) is 7.11 Å². The first-order valence-electron chi connectivity index (χ1n) is 12.2. The zero-order valence-electron chi connectivity index (χ0n) is 19.8. The summed E-state index contributed by atoms with van der Waals surface area (Å²) in [5, 5.41) is 8.31. The number of aryl methyl sites for hydroxylation is 2. The molecule has 0 unspecified atom stereocenters. The van der Waals surface area contributed by atoms with Crippen molar-refractivity contribution in [2.75, 3.05) is 7.11 Å². The Morgan fingerprint density at radius 2 is 1.21 bits per heavy atom. The van der Waals surface area contributed by atoms with Gasteiger partial charge in [-0.05, 0) is 105 Å². The Hall–Kier alpha value is -2.58. The molecule has 0 amide bonds. The molecular weight excluding hydrogens is 468 g/mol. The number of methoxy groups -OCH3 is 1. The maximum Gasteiger partial charge on any atom is 0.118 e. The lowest BCUT2D eigenvalue weighted by Gasteiger charge is -2.20. The highest BCUT2D eigenvalue weighted by Crippen LogP contribution is 2.44. The number of unbranched alkanes of at least 4 members (excludes halogenated alkanes) is 2. The average molecular weight is 499 g/mol. The van der Waals surface area contributed by atoms with E-state index in [1.165, 1.54) is 84.7 Å². The molecule has 5 aromatic carbocycles. The second kappa shape index (κ2) is 9.35. The summed E-state index contributed by atoms with van der Waals surface area (Å²) in [6.07, 6.45) is 7.07. The van der Waals surface area contributed by atoms with Crippen LogP contribution in [0.25, 0.3) is 43.4 Å². The van der Waals surface area contributed by atoms with Crippen LogP contribution in [0, 0.1) is 0 Å². The van der Waals surface area contributed by atoms with Crippen LogP contribution in [0.1, 0.15) is 50.7 Å². The van der Waals surface area contributed by atoms with E-state index < -0.39 is 0 Å². The van der Waals surface area contributed by atoms with Gasteiger partial charge in [-0.3, -0.25) is 0 Å². The van der Waals surface area contributed by atoms with Crippen molar-refractivity contribution in [3.63, 3.8) is 0 Å². The van der Waals surface area contributed by atoms with Gasteiger partial charge in [-0.2, -0.15) is 0 Å². The first kappa shape index (κ1) is 22.2. The van der Waals surface area contributed by atoms with Gasteiger partial charge in [0.15, 0.2) is 0 Å². The molecule has 0 N–H and O–H groups in total. The molecule has 0 saturated carbocycles. The summed E-state index contributed by atoms with van der Waals surface area (Å²) in [5.74, 6) is 0.896. The van der Waals surface area contributed by atoms with Crippen molar-refractivity contribution in [3.05, 3.63) is 76.3 Å². The van der Waals surface area contributed by atoms with Gasteiger partial charge in [0.05, 0.1) is 7.11 Å². The van der Waals surface area contributed by atoms with Crippen LogP contribution >= 0.6 is 15.9 Å². The van der Waals surface area contributed by atoms with Crippen molar-refractivity contribution in [1.82, 2.24) is 0 Å². The number of hydrogen-bond donors (Lipinski definition) is 0. The highest BCUT2D eigenvalue weighted by molar-refractivity contribution is 9.10. The molecule has 5 aromatic rings. The Labute approximate surface area is 205 Å². The molecule has 0 fully saturated rings. The number of halogens is 1. The van der Waals surface area contributed by atoms with E-state index in [2.05, 4.69) is 90.4 Å². The Bertz CT molecular complexity index is 1420. The summed E-state index contributed by atoms with van der Waals surface area (Å²) < 4.78 is 6.62. The zero-order chi connectivity index (χ0) is 22.9. The van der Waals surface area contributed by atoms with E-state index in [1.807, 2.05) is 0 Å². The van der Waals surface area contributed by atoms with Gasteiger partial charge in [-0.25, -0.2) is 0 Å². The smallest absolute Gasteiger partial charge is 0.118 e. The molecule has 0 spiro atoms. The molecule has 5 rings (SSSR count). The quantitative estimate of drug-likeness (QED) is 0.193. The maximum atomic E-state index is 5.42. The van der Waals surface area contributed by atoms with E-state index in [0.29, 0.717) is 0 Å². The van der Waals surface area contributed by atoms with Crippen LogP contribution in [-0.4, -0.2) is 7.11 Å². The summed E-state index contributed by atoms with van der Waals surface area (Å²) >= 11 is 3.91. The molecule has 2 heteroatoms. The zero-order valence-corrected chi connectivity index (χ0v) is 21.4. The normalized spacial score (nSPS) is 11.8. The van der Waals surface area contributed by atoms with Crippen LogP contribution in [0.3, 0.4) is 0 Å². The molecule has 0 aliphatic carbocycles. The standard InChI is InChI=1S/C31H31BrO/c1-4-6-8-21-18-28(20-10-12-23(33-3)13-11-20)26-16-14-25-22(9-7-5-2)19-29(32)27-17-15-24(21)30(26)31(25)27/h10-19H,4-9H2,1-3H3. The van der Waals surface area contributed by atoms with E-state index in [-0.39, 0.29) is 0 Å². The molecule has 0 atom stereocenters. The van der Waals surface area contributed by atoms with Gasteiger partial charge in [-0.15, -0.1) is 0 Å². The molecule has 33 heavy (non-hydrogen) atoms. The highest BCUT2D eigenvalue weighted by Gasteiger charge is 2.18. The first-order valence-corrected chi connectivity index (χ1v) is 13.0. The van der Waals surface area contributed by atoms with Crippen molar-refractivity contribution in [2.45, 2.75) is 52.4 Å². The lowest BCUT2D eigenvalue weighted by atomic mass is 9.85. The van der Waals surface area contributed by atoms with Gasteiger partial charge in [0.2, 0.25) is 0 Å². The minimum absolute atomic E-state index is 0.896. The number of benzene rings is 5. The molecular formula is C31H31BrO. The van der Waals surface area contributed by atoms with Crippen molar-refractivity contribution in [1.29, 1.82) is 0 Å². The summed E-state index contributed by atoms with van der Waals surface area (Å²) in [6, 6.07) is 22.7. The predicted molar refractivity (Wildman–Crippen MR) is 147 cm³/mol. The lowest BCUT2D eigenvalue weighted by Crippen LogP contribution is -1.96. The molecule has 0 saturated heterocycles. The Kier molecular flexibility index (Phi) is 6.29. The first-order chi connectivity index (χ1) is 16.2. The van der Waals surface area contributed by atoms with Crippen molar-refractivity contribution in [3.8, 4) is 16.9 Å². The van der Waals surface area contributed by atoms with Gasteiger partial charge in [-0.1, -0.05) is 79.0 Å². The molecule has 0 bridgehead atoms. The van der Waals surface area contributed by atoms with Gasteiger partial charge in [0, 0.05) is 4.47 Å². The molecule has 0 heterocycles. The third-order valence-corrected chi connectivity index (χ3v) is 7.68. The third kappa shape index (κ3) is 3.89. The maximum absolute atomic E-state index is 5.42. The predicted octanol–water partition coefficient (Wildman–Crippen LogP) is 9.71. The van der Waals surface area contributed by atoms with Gasteiger partial charge >= 0.3 is 0 Å². The average Bonchev–Trinajstić information content (AvgIpc) is 2.86. The molecule has 0 aliphatic rings. The van der Waals surface area contributed by atoms with Crippen molar-refractivity contribution < 1.29 is 4.74 Å². The Balaban J connectivity index is 1.87. The van der Waals surface area contributed by atoms with E-state index in [9.17, 15) is 0 Å². The minimum Gasteiger partial charge on any atom is -0.497 e. The van der Waals surface area contributed by atoms with Crippen molar-refractivity contribution in [2.24, 2.45) is 0 Å². The van der Waals surface area contributed by atoms with E-state index in [4.69, 9.17) is 4.74 Å². The topological polar surface area (TPSA) is 9.23 Å². The molecule has 0 aliphatic heterocycles. The summed E-state index contributed by atoms with van der Waals surface area (Å²) in [6.45, 7) is 4.55. The van der Waals surface area contributed by atoms with Gasteiger partial charge in [0.1, 0.15) is 5.75 Å². The van der Waals surface area contributed by atoms with Crippen LogP contribution < -0.4 is 4.74 Å². The fraction of sp³-hybridized carbons (Fsp3) is 0.290. The van der Waals surface area contributed by atoms with Gasteiger partial charge in [0.25, 0.3) is 0 Å². The molecule has 0 radical (unpaired) electrons. The van der Waals surface area contributed by atoms with E-state index >= 15 is 0 Å². The number of ether oxygens (including phenoxy) is 1. The summed E-state index contributed by atoms with van der Waals surface area (Å²) in [7, 11) is 1.72. The van der Waals surface area contributed by atoms with Gasteiger partial charge < -0.3 is 4.74 Å². The fourth-order valence-corrected chi connectivity index (χ4v) is 5.86.